The molecule has 0 saturated carbocycles. The maximum absolute atomic E-state index is 13.8. The highest BCUT2D eigenvalue weighted by Crippen LogP contribution is 2.20. The van der Waals surface area contributed by atoms with Crippen LogP contribution >= 0.6 is 0 Å². The predicted octanol–water partition coefficient (Wildman–Crippen LogP) is 3.18. The van der Waals surface area contributed by atoms with Crippen molar-refractivity contribution >= 4 is 17.2 Å². The van der Waals surface area contributed by atoms with Gasteiger partial charge in [0.25, 0.3) is 0 Å². The van der Waals surface area contributed by atoms with Gasteiger partial charge in [-0.25, -0.2) is 4.39 Å². The Labute approximate surface area is 101 Å². The quantitative estimate of drug-likeness (QED) is 0.609. The fourth-order valence-corrected chi connectivity index (χ4v) is 1.61. The molecule has 0 aliphatic carbocycles. The van der Waals surface area contributed by atoms with Crippen LogP contribution in [0.4, 0.5) is 10.1 Å². The standard InChI is InChI=1S/C13H17FN2O/c1-4-12(17)13-8(2)5-10(6-11(13)14)16-7-9(3)15/h5-6,15-16H,4,7H2,1-3H3. The molecule has 0 unspecified atom stereocenters. The summed E-state index contributed by atoms with van der Waals surface area (Å²) in [5.41, 5.74) is 1.86. The smallest absolute Gasteiger partial charge is 0.165 e. The molecule has 1 rings (SSSR count). The highest BCUT2D eigenvalue weighted by molar-refractivity contribution is 5.98. The molecule has 0 fully saturated rings. The van der Waals surface area contributed by atoms with E-state index in [1.807, 2.05) is 0 Å². The number of halogens is 1. The number of hydrogen-bond acceptors (Lipinski definition) is 3. The molecule has 3 nitrogen and oxygen atoms in total. The first-order valence-corrected chi connectivity index (χ1v) is 5.57. The first-order valence-electron chi connectivity index (χ1n) is 5.57. The average Bonchev–Trinajstić information content (AvgIpc) is 2.25. The molecule has 0 saturated heterocycles. The Bertz CT molecular complexity index is 432. The van der Waals surface area contributed by atoms with E-state index >= 15 is 0 Å². The summed E-state index contributed by atoms with van der Waals surface area (Å²) in [6.07, 6.45) is 0.296. The van der Waals surface area contributed by atoms with Crippen molar-refractivity contribution in [2.24, 2.45) is 0 Å². The van der Waals surface area contributed by atoms with Crippen molar-refractivity contribution in [3.8, 4) is 0 Å². The minimum atomic E-state index is -0.498. The van der Waals surface area contributed by atoms with Crippen LogP contribution in [0.15, 0.2) is 12.1 Å². The molecule has 0 spiro atoms. The monoisotopic (exact) mass is 236 g/mol. The van der Waals surface area contributed by atoms with Gasteiger partial charge in [0.1, 0.15) is 5.82 Å². The molecule has 0 radical (unpaired) electrons. The van der Waals surface area contributed by atoms with Crippen LogP contribution in [0.1, 0.15) is 36.2 Å². The van der Waals surface area contributed by atoms with Crippen LogP contribution in [0.3, 0.4) is 0 Å². The molecule has 0 bridgehead atoms. The molecule has 92 valence electrons. The molecular formula is C13H17FN2O. The van der Waals surface area contributed by atoms with Crippen LogP contribution in [0.5, 0.6) is 0 Å². The zero-order chi connectivity index (χ0) is 13.0. The largest absolute Gasteiger partial charge is 0.380 e. The van der Waals surface area contributed by atoms with Gasteiger partial charge >= 0.3 is 0 Å². The SMILES string of the molecule is CCC(=O)c1c(C)cc(NCC(C)=N)cc1F. The number of ketones is 1. The summed E-state index contributed by atoms with van der Waals surface area (Å²) >= 11 is 0. The summed E-state index contributed by atoms with van der Waals surface area (Å²) in [6, 6.07) is 3.04. The zero-order valence-corrected chi connectivity index (χ0v) is 10.4. The Morgan fingerprint density at radius 3 is 2.59 bits per heavy atom. The third-order valence-corrected chi connectivity index (χ3v) is 2.45. The third kappa shape index (κ3) is 3.37. The average molecular weight is 236 g/mol. The van der Waals surface area contributed by atoms with E-state index in [0.29, 0.717) is 29.9 Å². The minimum Gasteiger partial charge on any atom is -0.380 e. The number of benzene rings is 1. The molecule has 1 aromatic carbocycles. The van der Waals surface area contributed by atoms with Crippen LogP contribution in [-0.4, -0.2) is 18.0 Å². The van der Waals surface area contributed by atoms with E-state index in [1.54, 1.807) is 26.8 Å². The molecule has 4 heteroatoms. The number of carbonyl (C=O) groups is 1. The minimum absolute atomic E-state index is 0.171. The number of nitrogens with one attached hydrogen (secondary N) is 2. The number of rotatable bonds is 5. The first-order chi connectivity index (χ1) is 7.95. The van der Waals surface area contributed by atoms with Crippen LogP contribution in [0.2, 0.25) is 0 Å². The topological polar surface area (TPSA) is 53.0 Å². The Hall–Kier alpha value is -1.71. The summed E-state index contributed by atoms with van der Waals surface area (Å²) < 4.78 is 13.8. The lowest BCUT2D eigenvalue weighted by atomic mass is 10.0. The normalized spacial score (nSPS) is 10.1. The summed E-state index contributed by atoms with van der Waals surface area (Å²) in [5, 5.41) is 10.2. The second kappa shape index (κ2) is 5.57. The molecule has 17 heavy (non-hydrogen) atoms. The van der Waals surface area contributed by atoms with Gasteiger partial charge in [0.15, 0.2) is 5.78 Å². The van der Waals surface area contributed by atoms with Gasteiger partial charge in [-0.3, -0.25) is 4.79 Å². The lowest BCUT2D eigenvalue weighted by molar-refractivity contribution is 0.0983. The van der Waals surface area contributed by atoms with Crippen molar-refractivity contribution in [1.29, 1.82) is 5.41 Å². The first kappa shape index (κ1) is 13.4. The Morgan fingerprint density at radius 2 is 2.12 bits per heavy atom. The van der Waals surface area contributed by atoms with Gasteiger partial charge in [-0.15, -0.1) is 0 Å². The second-order valence-corrected chi connectivity index (χ2v) is 4.06. The van der Waals surface area contributed by atoms with Gasteiger partial charge in [0, 0.05) is 17.8 Å². The van der Waals surface area contributed by atoms with E-state index in [9.17, 15) is 9.18 Å². The van der Waals surface area contributed by atoms with Crippen LogP contribution in [0, 0.1) is 18.2 Å². The molecule has 0 heterocycles. The van der Waals surface area contributed by atoms with Crippen molar-refractivity contribution in [3.05, 3.63) is 29.1 Å². The summed E-state index contributed by atoms with van der Waals surface area (Å²) in [5.74, 6) is -0.684. The van der Waals surface area contributed by atoms with E-state index in [1.165, 1.54) is 6.07 Å². The Morgan fingerprint density at radius 1 is 1.47 bits per heavy atom. The molecule has 0 aromatic heterocycles. The van der Waals surface area contributed by atoms with Gasteiger partial charge in [0.2, 0.25) is 0 Å². The lowest BCUT2D eigenvalue weighted by Gasteiger charge is -2.10. The molecular weight excluding hydrogens is 219 g/mol. The van der Waals surface area contributed by atoms with Crippen molar-refractivity contribution in [2.45, 2.75) is 27.2 Å². The number of hydrogen-bond donors (Lipinski definition) is 2. The van der Waals surface area contributed by atoms with Gasteiger partial charge < -0.3 is 10.7 Å². The molecule has 1 aromatic rings. The summed E-state index contributed by atoms with van der Waals surface area (Å²) in [7, 11) is 0. The van der Waals surface area contributed by atoms with E-state index in [0.717, 1.165) is 0 Å². The fourth-order valence-electron chi connectivity index (χ4n) is 1.61. The summed E-state index contributed by atoms with van der Waals surface area (Å²) in [6.45, 7) is 5.48. The van der Waals surface area contributed by atoms with Gasteiger partial charge in [-0.2, -0.15) is 0 Å². The van der Waals surface area contributed by atoms with Crippen molar-refractivity contribution in [2.75, 3.05) is 11.9 Å². The Kier molecular flexibility index (Phi) is 4.37. The Balaban J connectivity index is 3.01. The van der Waals surface area contributed by atoms with Gasteiger partial charge in [-0.05, 0) is 31.5 Å². The molecule has 0 aliphatic heterocycles. The van der Waals surface area contributed by atoms with Gasteiger partial charge in [0.05, 0.1) is 12.1 Å². The van der Waals surface area contributed by atoms with Crippen molar-refractivity contribution in [1.82, 2.24) is 0 Å². The van der Waals surface area contributed by atoms with Crippen LogP contribution < -0.4 is 5.32 Å². The number of carbonyl (C=O) groups excluding carboxylic acids is 1. The highest BCUT2D eigenvalue weighted by atomic mass is 19.1. The van der Waals surface area contributed by atoms with Crippen molar-refractivity contribution in [3.63, 3.8) is 0 Å². The zero-order valence-electron chi connectivity index (χ0n) is 10.4. The van der Waals surface area contributed by atoms with E-state index in [2.05, 4.69) is 5.32 Å². The molecule has 2 N–H and O–H groups in total. The van der Waals surface area contributed by atoms with Gasteiger partial charge in [-0.1, -0.05) is 6.92 Å². The molecule has 0 amide bonds. The fraction of sp³-hybridized carbons (Fsp3) is 0.385. The summed E-state index contributed by atoms with van der Waals surface area (Å²) in [4.78, 5) is 11.5. The van der Waals surface area contributed by atoms with Crippen LogP contribution in [-0.2, 0) is 0 Å². The lowest BCUT2D eigenvalue weighted by Crippen LogP contribution is -2.11. The predicted molar refractivity (Wildman–Crippen MR) is 67.6 cm³/mol. The molecule has 0 atom stereocenters. The number of aryl methyl sites for hydroxylation is 1. The second-order valence-electron chi connectivity index (χ2n) is 4.06. The van der Waals surface area contributed by atoms with Crippen molar-refractivity contribution < 1.29 is 9.18 Å². The van der Waals surface area contributed by atoms with E-state index < -0.39 is 5.82 Å². The molecule has 0 aliphatic rings. The maximum Gasteiger partial charge on any atom is 0.165 e. The van der Waals surface area contributed by atoms with Crippen LogP contribution in [0.25, 0.3) is 0 Å². The van der Waals surface area contributed by atoms with E-state index in [4.69, 9.17) is 5.41 Å². The maximum atomic E-state index is 13.8. The van der Waals surface area contributed by atoms with E-state index in [-0.39, 0.29) is 11.3 Å². The number of anilines is 1. The third-order valence-electron chi connectivity index (χ3n) is 2.45. The number of Topliss-reactive ketones (excluding diaryl/α,β-unsaturated/α-hetero) is 1. The highest BCUT2D eigenvalue weighted by Gasteiger charge is 2.14.